The van der Waals surface area contributed by atoms with Crippen molar-refractivity contribution < 1.29 is 4.79 Å². The van der Waals surface area contributed by atoms with Crippen LogP contribution in [0.15, 0.2) is 12.4 Å². The highest BCUT2D eigenvalue weighted by Gasteiger charge is 2.25. The number of carbonyl (C=O) groups is 1. The Balaban J connectivity index is 2.55. The zero-order valence-electron chi connectivity index (χ0n) is 6.11. The van der Waals surface area contributed by atoms with Gasteiger partial charge in [0.25, 0.3) is 0 Å². The van der Waals surface area contributed by atoms with Gasteiger partial charge in [-0.3, -0.25) is 14.7 Å². The molecule has 0 atom stereocenters. The summed E-state index contributed by atoms with van der Waals surface area (Å²) in [7, 11) is 1.71. The Labute approximate surface area is 63.9 Å². The molecule has 1 amide bonds. The first-order chi connectivity index (χ1) is 5.29. The van der Waals surface area contributed by atoms with Gasteiger partial charge < -0.3 is 0 Å². The zero-order valence-corrected chi connectivity index (χ0v) is 6.11. The number of nitrogens with zero attached hydrogens (tertiary/aromatic N) is 3. The van der Waals surface area contributed by atoms with E-state index in [0.29, 0.717) is 12.2 Å². The van der Waals surface area contributed by atoms with Gasteiger partial charge in [0.05, 0.1) is 12.1 Å². The van der Waals surface area contributed by atoms with E-state index in [-0.39, 0.29) is 5.91 Å². The first kappa shape index (κ1) is 6.27. The van der Waals surface area contributed by atoms with E-state index in [1.807, 2.05) is 0 Å². The Bertz CT molecular complexity index is 310. The molecule has 0 aromatic carbocycles. The molecule has 2 rings (SSSR count). The van der Waals surface area contributed by atoms with Crippen molar-refractivity contribution in [2.24, 2.45) is 0 Å². The SMILES string of the molecule is CN1C(=O)Cc2nccnc21. The summed E-state index contributed by atoms with van der Waals surface area (Å²) in [6.07, 6.45) is 3.58. The van der Waals surface area contributed by atoms with Crippen LogP contribution in [-0.2, 0) is 11.2 Å². The number of anilines is 1. The van der Waals surface area contributed by atoms with Crippen molar-refractivity contribution in [2.75, 3.05) is 11.9 Å². The average molecular weight is 149 g/mol. The number of amides is 1. The van der Waals surface area contributed by atoms with Crippen molar-refractivity contribution in [3.05, 3.63) is 18.1 Å². The predicted molar refractivity (Wildman–Crippen MR) is 39.1 cm³/mol. The molecule has 0 saturated heterocycles. The molecule has 1 aromatic heterocycles. The molecule has 11 heavy (non-hydrogen) atoms. The van der Waals surface area contributed by atoms with Gasteiger partial charge in [0.2, 0.25) is 5.91 Å². The number of hydrogen-bond acceptors (Lipinski definition) is 3. The highest BCUT2D eigenvalue weighted by Crippen LogP contribution is 2.21. The lowest BCUT2D eigenvalue weighted by Crippen LogP contribution is -2.21. The molecule has 1 aliphatic rings. The molecule has 1 aromatic rings. The summed E-state index contributed by atoms with van der Waals surface area (Å²) in [6, 6.07) is 0. The van der Waals surface area contributed by atoms with Crippen LogP contribution >= 0.6 is 0 Å². The minimum absolute atomic E-state index is 0.0613. The van der Waals surface area contributed by atoms with Gasteiger partial charge in [0.1, 0.15) is 0 Å². The number of likely N-dealkylation sites (N-methyl/N-ethyl adjacent to an activating group) is 1. The summed E-state index contributed by atoms with van der Waals surface area (Å²) < 4.78 is 0. The van der Waals surface area contributed by atoms with Crippen LogP contribution in [0.2, 0.25) is 0 Å². The fourth-order valence-electron chi connectivity index (χ4n) is 1.14. The number of hydrogen-bond donors (Lipinski definition) is 0. The maximum atomic E-state index is 11.1. The fraction of sp³-hybridized carbons (Fsp3) is 0.286. The Morgan fingerprint density at radius 2 is 2.18 bits per heavy atom. The standard InChI is InChI=1S/C7H7N3O/c1-10-6(11)4-5-7(10)9-3-2-8-5/h2-3H,4H2,1H3. The van der Waals surface area contributed by atoms with Crippen molar-refractivity contribution >= 4 is 11.7 Å². The summed E-state index contributed by atoms with van der Waals surface area (Å²) in [5.41, 5.74) is 0.778. The van der Waals surface area contributed by atoms with Crippen molar-refractivity contribution in [3.63, 3.8) is 0 Å². The van der Waals surface area contributed by atoms with E-state index >= 15 is 0 Å². The summed E-state index contributed by atoms with van der Waals surface area (Å²) in [4.78, 5) is 20.7. The van der Waals surface area contributed by atoms with Crippen LogP contribution in [0.4, 0.5) is 5.82 Å². The van der Waals surface area contributed by atoms with Gasteiger partial charge in [0, 0.05) is 19.4 Å². The van der Waals surface area contributed by atoms with Crippen LogP contribution in [0.3, 0.4) is 0 Å². The summed E-state index contributed by atoms with van der Waals surface area (Å²) >= 11 is 0. The van der Waals surface area contributed by atoms with E-state index in [1.54, 1.807) is 19.4 Å². The molecule has 4 nitrogen and oxygen atoms in total. The molecule has 0 bridgehead atoms. The number of aromatic nitrogens is 2. The minimum Gasteiger partial charge on any atom is -0.298 e. The molecule has 0 spiro atoms. The van der Waals surface area contributed by atoms with Crippen LogP contribution in [-0.4, -0.2) is 22.9 Å². The van der Waals surface area contributed by atoms with Gasteiger partial charge in [-0.2, -0.15) is 0 Å². The number of fused-ring (bicyclic) bond motifs is 1. The molecular formula is C7H7N3O. The molecular weight excluding hydrogens is 142 g/mol. The topological polar surface area (TPSA) is 46.1 Å². The van der Waals surface area contributed by atoms with Crippen LogP contribution < -0.4 is 4.90 Å². The van der Waals surface area contributed by atoms with Crippen LogP contribution in [0.25, 0.3) is 0 Å². The van der Waals surface area contributed by atoms with Crippen LogP contribution in [0.5, 0.6) is 0 Å². The van der Waals surface area contributed by atoms with Crippen molar-refractivity contribution in [1.29, 1.82) is 0 Å². The summed E-state index contributed by atoms with van der Waals surface area (Å²) in [5, 5.41) is 0. The molecule has 56 valence electrons. The lowest BCUT2D eigenvalue weighted by atomic mass is 10.3. The van der Waals surface area contributed by atoms with Crippen molar-refractivity contribution in [3.8, 4) is 0 Å². The van der Waals surface area contributed by atoms with Gasteiger partial charge in [0.15, 0.2) is 5.82 Å². The molecule has 0 aliphatic carbocycles. The monoisotopic (exact) mass is 149 g/mol. The highest BCUT2D eigenvalue weighted by atomic mass is 16.2. The van der Waals surface area contributed by atoms with Gasteiger partial charge in [-0.25, -0.2) is 4.98 Å². The fourth-order valence-corrected chi connectivity index (χ4v) is 1.14. The highest BCUT2D eigenvalue weighted by molar-refractivity contribution is 5.98. The lowest BCUT2D eigenvalue weighted by molar-refractivity contribution is -0.117. The number of carbonyl (C=O) groups excluding carboxylic acids is 1. The molecule has 0 radical (unpaired) electrons. The number of rotatable bonds is 0. The third-order valence-electron chi connectivity index (χ3n) is 1.76. The molecule has 2 heterocycles. The second kappa shape index (κ2) is 2.02. The van der Waals surface area contributed by atoms with E-state index in [1.165, 1.54) is 4.90 Å². The Morgan fingerprint density at radius 3 is 2.91 bits per heavy atom. The lowest BCUT2D eigenvalue weighted by Gasteiger charge is -2.06. The van der Waals surface area contributed by atoms with E-state index < -0.39 is 0 Å². The molecule has 4 heteroatoms. The quantitative estimate of drug-likeness (QED) is 0.521. The molecule has 0 N–H and O–H groups in total. The second-order valence-corrected chi connectivity index (χ2v) is 2.46. The van der Waals surface area contributed by atoms with Crippen LogP contribution in [0.1, 0.15) is 5.69 Å². The third-order valence-corrected chi connectivity index (χ3v) is 1.76. The maximum Gasteiger partial charge on any atom is 0.234 e. The van der Waals surface area contributed by atoms with E-state index in [9.17, 15) is 4.79 Å². The Kier molecular flexibility index (Phi) is 1.15. The van der Waals surface area contributed by atoms with Gasteiger partial charge in [-0.1, -0.05) is 0 Å². The molecule has 0 saturated carbocycles. The van der Waals surface area contributed by atoms with Crippen molar-refractivity contribution in [1.82, 2.24) is 9.97 Å². The second-order valence-electron chi connectivity index (χ2n) is 2.46. The molecule has 0 fully saturated rings. The first-order valence-corrected chi connectivity index (χ1v) is 3.35. The Hall–Kier alpha value is -1.45. The Morgan fingerprint density at radius 1 is 1.45 bits per heavy atom. The third kappa shape index (κ3) is 0.790. The smallest absolute Gasteiger partial charge is 0.234 e. The van der Waals surface area contributed by atoms with E-state index in [2.05, 4.69) is 9.97 Å². The van der Waals surface area contributed by atoms with E-state index in [4.69, 9.17) is 0 Å². The largest absolute Gasteiger partial charge is 0.298 e. The first-order valence-electron chi connectivity index (χ1n) is 3.35. The van der Waals surface area contributed by atoms with Crippen molar-refractivity contribution in [2.45, 2.75) is 6.42 Å². The molecule has 0 unspecified atom stereocenters. The minimum atomic E-state index is 0.0613. The predicted octanol–water partition coefficient (Wildman–Crippen LogP) is -0.00450. The summed E-state index contributed by atoms with van der Waals surface area (Å²) in [5.74, 6) is 0.753. The maximum absolute atomic E-state index is 11.1. The average Bonchev–Trinajstić information content (AvgIpc) is 2.30. The zero-order chi connectivity index (χ0) is 7.84. The molecule has 1 aliphatic heterocycles. The van der Waals surface area contributed by atoms with Gasteiger partial charge in [-0.15, -0.1) is 0 Å². The van der Waals surface area contributed by atoms with E-state index in [0.717, 1.165) is 5.69 Å². The van der Waals surface area contributed by atoms with Crippen LogP contribution in [0, 0.1) is 0 Å². The normalized spacial score (nSPS) is 15.4. The van der Waals surface area contributed by atoms with Gasteiger partial charge in [-0.05, 0) is 0 Å². The summed E-state index contributed by atoms with van der Waals surface area (Å²) in [6.45, 7) is 0. The van der Waals surface area contributed by atoms with Gasteiger partial charge >= 0.3 is 0 Å².